The Hall–Kier alpha value is -2.88. The van der Waals surface area contributed by atoms with E-state index < -0.39 is 23.5 Å². The van der Waals surface area contributed by atoms with Crippen LogP contribution in [0.5, 0.6) is 11.5 Å². The fraction of sp³-hybridized carbons (Fsp3) is 0.300. The van der Waals surface area contributed by atoms with Crippen LogP contribution in [0.3, 0.4) is 0 Å². The molecule has 9 heteroatoms. The van der Waals surface area contributed by atoms with Crippen molar-refractivity contribution in [1.82, 2.24) is 4.90 Å². The lowest BCUT2D eigenvalue weighted by atomic mass is 9.95. The normalized spacial score (nSPS) is 16.6. The number of carbonyl (C=O) groups excluding carboxylic acids is 2. The second-order valence-corrected chi connectivity index (χ2v) is 7.18. The average Bonchev–Trinajstić information content (AvgIpc) is 3.34. The zero-order chi connectivity index (χ0) is 21.0. The first-order valence-corrected chi connectivity index (χ1v) is 9.75. The first-order valence-electron chi connectivity index (χ1n) is 8.87. The number of Topliss-reactive ketones (excluding diaryl/α,β-unsaturated/α-hetero) is 1. The number of aliphatic hydroxyl groups is 2. The SMILES string of the molecule is COc1cc([C@H]2C(C(=O)c3cccs3)=C(O)C(=O)N2CCOCCO)ccc1O. The summed E-state index contributed by atoms with van der Waals surface area (Å²) in [5, 5.41) is 31.0. The summed E-state index contributed by atoms with van der Waals surface area (Å²) in [6, 6.07) is 6.96. The van der Waals surface area contributed by atoms with Crippen LogP contribution in [0.25, 0.3) is 0 Å². The van der Waals surface area contributed by atoms with E-state index in [2.05, 4.69) is 0 Å². The highest BCUT2D eigenvalue weighted by Gasteiger charge is 2.44. The number of methoxy groups -OCH3 is 1. The van der Waals surface area contributed by atoms with E-state index in [4.69, 9.17) is 14.6 Å². The molecule has 1 amide bonds. The average molecular weight is 419 g/mol. The maximum Gasteiger partial charge on any atom is 0.290 e. The summed E-state index contributed by atoms with van der Waals surface area (Å²) in [5.41, 5.74) is 0.464. The molecule has 0 saturated carbocycles. The molecule has 0 spiro atoms. The van der Waals surface area contributed by atoms with Gasteiger partial charge in [0.1, 0.15) is 0 Å². The molecule has 2 heterocycles. The zero-order valence-electron chi connectivity index (χ0n) is 15.7. The molecule has 0 saturated heterocycles. The number of thiophene rings is 1. The van der Waals surface area contributed by atoms with Gasteiger partial charge in [0.2, 0.25) is 5.78 Å². The number of carbonyl (C=O) groups is 2. The number of hydrogen-bond donors (Lipinski definition) is 3. The van der Waals surface area contributed by atoms with E-state index in [1.54, 1.807) is 23.6 Å². The van der Waals surface area contributed by atoms with Crippen molar-refractivity contribution in [2.45, 2.75) is 6.04 Å². The molecule has 0 radical (unpaired) electrons. The van der Waals surface area contributed by atoms with Crippen LogP contribution in [0.1, 0.15) is 21.3 Å². The molecule has 1 aliphatic rings. The number of phenols is 1. The van der Waals surface area contributed by atoms with Gasteiger partial charge in [-0.05, 0) is 29.1 Å². The Morgan fingerprint density at radius 1 is 1.24 bits per heavy atom. The fourth-order valence-corrected chi connectivity index (χ4v) is 3.87. The molecule has 1 aromatic carbocycles. The molecule has 29 heavy (non-hydrogen) atoms. The van der Waals surface area contributed by atoms with Crippen molar-refractivity contribution in [2.24, 2.45) is 0 Å². The molecule has 0 bridgehead atoms. The number of ether oxygens (including phenoxy) is 2. The van der Waals surface area contributed by atoms with Gasteiger partial charge in [-0.15, -0.1) is 11.3 Å². The molecule has 1 aromatic heterocycles. The van der Waals surface area contributed by atoms with Gasteiger partial charge < -0.3 is 29.7 Å². The zero-order valence-corrected chi connectivity index (χ0v) is 16.5. The number of ketones is 1. The minimum absolute atomic E-state index is 0.0349. The molecular weight excluding hydrogens is 398 g/mol. The van der Waals surface area contributed by atoms with Gasteiger partial charge in [0.25, 0.3) is 5.91 Å². The summed E-state index contributed by atoms with van der Waals surface area (Å²) >= 11 is 1.21. The van der Waals surface area contributed by atoms with Crippen LogP contribution in [0.15, 0.2) is 47.0 Å². The minimum Gasteiger partial charge on any atom is -0.504 e. The van der Waals surface area contributed by atoms with Crippen LogP contribution < -0.4 is 4.74 Å². The van der Waals surface area contributed by atoms with Crippen molar-refractivity contribution in [1.29, 1.82) is 0 Å². The van der Waals surface area contributed by atoms with Crippen molar-refractivity contribution in [3.05, 3.63) is 57.5 Å². The van der Waals surface area contributed by atoms with Crippen LogP contribution in [0.4, 0.5) is 0 Å². The van der Waals surface area contributed by atoms with E-state index in [-0.39, 0.29) is 43.4 Å². The summed E-state index contributed by atoms with van der Waals surface area (Å²) in [5.74, 6) is -1.64. The highest BCUT2D eigenvalue weighted by atomic mass is 32.1. The molecule has 0 fully saturated rings. The lowest BCUT2D eigenvalue weighted by Gasteiger charge is -2.27. The third-order valence-electron chi connectivity index (χ3n) is 4.52. The van der Waals surface area contributed by atoms with E-state index >= 15 is 0 Å². The van der Waals surface area contributed by atoms with Crippen molar-refractivity contribution in [3.8, 4) is 11.5 Å². The lowest BCUT2D eigenvalue weighted by molar-refractivity contribution is -0.130. The van der Waals surface area contributed by atoms with Crippen LogP contribution in [-0.4, -0.2) is 65.4 Å². The number of rotatable bonds is 9. The fourth-order valence-electron chi connectivity index (χ4n) is 3.20. The molecule has 0 unspecified atom stereocenters. The second-order valence-electron chi connectivity index (χ2n) is 6.24. The molecule has 8 nitrogen and oxygen atoms in total. The quantitative estimate of drug-likeness (QED) is 0.421. The molecule has 3 rings (SSSR count). The summed E-state index contributed by atoms with van der Waals surface area (Å²) in [6.07, 6.45) is 0. The number of benzene rings is 1. The number of amides is 1. The minimum atomic E-state index is -0.871. The smallest absolute Gasteiger partial charge is 0.290 e. The molecule has 1 aliphatic heterocycles. The number of nitrogens with zero attached hydrogens (tertiary/aromatic N) is 1. The predicted octanol–water partition coefficient (Wildman–Crippen LogP) is 2.05. The Morgan fingerprint density at radius 2 is 2.03 bits per heavy atom. The molecular formula is C20H21NO7S. The van der Waals surface area contributed by atoms with Gasteiger partial charge >= 0.3 is 0 Å². The number of phenolic OH excluding ortho intramolecular Hbond substituents is 1. The lowest BCUT2D eigenvalue weighted by Crippen LogP contribution is -2.34. The largest absolute Gasteiger partial charge is 0.504 e. The topological polar surface area (TPSA) is 117 Å². The van der Waals surface area contributed by atoms with E-state index in [0.29, 0.717) is 10.4 Å². The summed E-state index contributed by atoms with van der Waals surface area (Å²) in [6.45, 7) is 0.169. The Bertz CT molecular complexity index is 923. The number of aromatic hydroxyl groups is 1. The van der Waals surface area contributed by atoms with E-state index in [1.807, 2.05) is 0 Å². The summed E-state index contributed by atoms with van der Waals surface area (Å²) in [4.78, 5) is 27.5. The number of aliphatic hydroxyl groups excluding tert-OH is 2. The van der Waals surface area contributed by atoms with Gasteiger partial charge in [-0.2, -0.15) is 0 Å². The maximum absolute atomic E-state index is 13.1. The predicted molar refractivity (Wildman–Crippen MR) is 105 cm³/mol. The standard InChI is InChI=1S/C20H21NO7S/c1-27-14-11-12(4-5-13(14)23)17-16(18(24)15-3-2-10-29-15)19(25)20(26)21(17)6-8-28-9-7-22/h2-5,10-11,17,22-23,25H,6-9H2,1H3/t17-/m0/s1. The molecule has 0 aliphatic carbocycles. The highest BCUT2D eigenvalue weighted by molar-refractivity contribution is 7.12. The Kier molecular flexibility index (Phi) is 6.53. The van der Waals surface area contributed by atoms with E-state index in [1.165, 1.54) is 35.5 Å². The second kappa shape index (κ2) is 9.08. The van der Waals surface area contributed by atoms with Crippen molar-refractivity contribution < 1.29 is 34.4 Å². The van der Waals surface area contributed by atoms with Crippen LogP contribution >= 0.6 is 11.3 Å². The monoisotopic (exact) mass is 419 g/mol. The summed E-state index contributed by atoms with van der Waals surface area (Å²) < 4.78 is 10.4. The van der Waals surface area contributed by atoms with E-state index in [0.717, 1.165) is 0 Å². The number of hydrogen-bond acceptors (Lipinski definition) is 8. The van der Waals surface area contributed by atoms with E-state index in [9.17, 15) is 19.8 Å². The molecule has 3 N–H and O–H groups in total. The molecule has 2 aromatic rings. The molecule has 1 atom stereocenters. The Labute approximate surface area is 171 Å². The van der Waals surface area contributed by atoms with Crippen molar-refractivity contribution >= 4 is 23.0 Å². The van der Waals surface area contributed by atoms with Gasteiger partial charge in [0.15, 0.2) is 17.3 Å². The Balaban J connectivity index is 2.02. The van der Waals surface area contributed by atoms with Gasteiger partial charge in [-0.1, -0.05) is 12.1 Å². The first kappa shape index (κ1) is 20.8. The van der Waals surface area contributed by atoms with Crippen LogP contribution in [0, 0.1) is 0 Å². The maximum atomic E-state index is 13.1. The van der Waals surface area contributed by atoms with Gasteiger partial charge in [0, 0.05) is 6.54 Å². The van der Waals surface area contributed by atoms with Crippen LogP contribution in [0.2, 0.25) is 0 Å². The third-order valence-corrected chi connectivity index (χ3v) is 5.39. The Morgan fingerprint density at radius 3 is 2.69 bits per heavy atom. The van der Waals surface area contributed by atoms with Gasteiger partial charge in [-0.25, -0.2) is 0 Å². The van der Waals surface area contributed by atoms with Crippen molar-refractivity contribution in [3.63, 3.8) is 0 Å². The summed E-state index contributed by atoms with van der Waals surface area (Å²) in [7, 11) is 1.39. The first-order chi connectivity index (χ1) is 14.0. The van der Waals surface area contributed by atoms with Crippen molar-refractivity contribution in [2.75, 3.05) is 33.5 Å². The third kappa shape index (κ3) is 4.12. The molecule has 154 valence electrons. The van der Waals surface area contributed by atoms with Crippen LogP contribution in [-0.2, 0) is 9.53 Å². The van der Waals surface area contributed by atoms with Gasteiger partial charge in [0.05, 0.1) is 43.4 Å². The highest BCUT2D eigenvalue weighted by Crippen LogP contribution is 2.41. The van der Waals surface area contributed by atoms with Gasteiger partial charge in [-0.3, -0.25) is 9.59 Å².